The highest BCUT2D eigenvalue weighted by atomic mass is 35.5. The van der Waals surface area contributed by atoms with Gasteiger partial charge in [-0.15, -0.1) is 0 Å². The summed E-state index contributed by atoms with van der Waals surface area (Å²) in [6, 6.07) is 0. The lowest BCUT2D eigenvalue weighted by molar-refractivity contribution is 0.538. The molecule has 2 aliphatic carbocycles. The molecule has 0 saturated carbocycles. The third kappa shape index (κ3) is 1.91. The summed E-state index contributed by atoms with van der Waals surface area (Å²) in [6.07, 6.45) is 7.48. The van der Waals surface area contributed by atoms with Crippen LogP contribution < -0.4 is 11.1 Å². The number of nitrogens with two attached hydrogens (primary N) is 1. The van der Waals surface area contributed by atoms with E-state index >= 15 is 0 Å². The smallest absolute Gasteiger partial charge is 0.0517 e. The fourth-order valence-corrected chi connectivity index (χ4v) is 2.54. The third-order valence-electron chi connectivity index (χ3n) is 3.07. The Balaban J connectivity index is 2.42. The molecule has 0 bridgehead atoms. The van der Waals surface area contributed by atoms with E-state index in [4.69, 9.17) is 17.3 Å². The lowest BCUT2D eigenvalue weighted by Crippen LogP contribution is -2.25. The number of rotatable bonds is 2. The summed E-state index contributed by atoms with van der Waals surface area (Å²) in [5.41, 5.74) is 9.26. The van der Waals surface area contributed by atoms with Gasteiger partial charge in [0.25, 0.3) is 0 Å². The van der Waals surface area contributed by atoms with Crippen LogP contribution in [0.25, 0.3) is 0 Å². The fourth-order valence-electron chi connectivity index (χ4n) is 2.33. The topological polar surface area (TPSA) is 38.0 Å². The fraction of sp³-hybridized carbons (Fsp3) is 0.500. The minimum absolute atomic E-state index is 0.562. The minimum atomic E-state index is 0.562. The van der Waals surface area contributed by atoms with Crippen molar-refractivity contribution in [2.75, 3.05) is 6.54 Å². The summed E-state index contributed by atoms with van der Waals surface area (Å²) in [7, 11) is 0. The van der Waals surface area contributed by atoms with Gasteiger partial charge in [-0.3, -0.25) is 0 Å². The number of allylic oxidation sites excluding steroid dienone is 4. The Kier molecular flexibility index (Phi) is 3.06. The molecule has 0 saturated heterocycles. The molecule has 82 valence electrons. The van der Waals surface area contributed by atoms with Crippen LogP contribution in [-0.4, -0.2) is 6.54 Å². The summed E-state index contributed by atoms with van der Waals surface area (Å²) in [5, 5.41) is 4.18. The van der Waals surface area contributed by atoms with E-state index in [1.807, 2.05) is 0 Å². The van der Waals surface area contributed by atoms with Gasteiger partial charge in [-0.25, -0.2) is 0 Å². The second-order valence-electron chi connectivity index (χ2n) is 4.05. The van der Waals surface area contributed by atoms with Crippen LogP contribution in [0.3, 0.4) is 0 Å². The summed E-state index contributed by atoms with van der Waals surface area (Å²) in [5.74, 6) is 0.562. The van der Waals surface area contributed by atoms with Crippen molar-refractivity contribution in [3.63, 3.8) is 0 Å². The van der Waals surface area contributed by atoms with Crippen molar-refractivity contribution in [3.8, 4) is 0 Å². The molecule has 0 aromatic carbocycles. The van der Waals surface area contributed by atoms with Crippen molar-refractivity contribution in [1.29, 1.82) is 0 Å². The Morgan fingerprint density at radius 2 is 2.40 bits per heavy atom. The maximum absolute atomic E-state index is 6.12. The number of hydrogen-bond acceptors (Lipinski definition) is 2. The van der Waals surface area contributed by atoms with E-state index < -0.39 is 0 Å². The molecular formula is C12H17ClN2. The highest BCUT2D eigenvalue weighted by molar-refractivity contribution is 6.30. The monoisotopic (exact) mass is 224 g/mol. The van der Waals surface area contributed by atoms with E-state index in [2.05, 4.69) is 24.4 Å². The molecular weight excluding hydrogens is 208 g/mol. The van der Waals surface area contributed by atoms with E-state index in [0.717, 1.165) is 42.2 Å². The summed E-state index contributed by atoms with van der Waals surface area (Å²) in [4.78, 5) is 0. The summed E-state index contributed by atoms with van der Waals surface area (Å²) in [6.45, 7) is 3.01. The zero-order valence-electron chi connectivity index (χ0n) is 9.02. The van der Waals surface area contributed by atoms with Gasteiger partial charge in [-0.2, -0.15) is 0 Å². The van der Waals surface area contributed by atoms with E-state index in [1.165, 1.54) is 5.57 Å². The third-order valence-corrected chi connectivity index (χ3v) is 3.46. The molecule has 2 aliphatic rings. The van der Waals surface area contributed by atoms with Crippen LogP contribution in [0.15, 0.2) is 34.2 Å². The van der Waals surface area contributed by atoms with Crippen molar-refractivity contribution in [2.45, 2.75) is 26.2 Å². The standard InChI is InChI=1S/C12H17ClN2/c1-2-15-10-5-3-4-8-6-7-9(13)12(14)11(8)10/h3,5,8,15H,2,4,6-7,14H2,1H3. The maximum Gasteiger partial charge on any atom is 0.0517 e. The Morgan fingerprint density at radius 3 is 3.13 bits per heavy atom. The first-order valence-corrected chi connectivity index (χ1v) is 5.91. The molecule has 2 rings (SSSR count). The predicted molar refractivity (Wildman–Crippen MR) is 64.3 cm³/mol. The lowest BCUT2D eigenvalue weighted by Gasteiger charge is -2.30. The summed E-state index contributed by atoms with van der Waals surface area (Å²) < 4.78 is 0. The van der Waals surface area contributed by atoms with E-state index in [9.17, 15) is 0 Å². The molecule has 15 heavy (non-hydrogen) atoms. The van der Waals surface area contributed by atoms with Crippen LogP contribution in [0, 0.1) is 5.92 Å². The van der Waals surface area contributed by atoms with E-state index in [-0.39, 0.29) is 0 Å². The van der Waals surface area contributed by atoms with Crippen LogP contribution in [0.5, 0.6) is 0 Å². The Hall–Kier alpha value is -0.890. The van der Waals surface area contributed by atoms with E-state index in [0.29, 0.717) is 5.92 Å². The first-order valence-electron chi connectivity index (χ1n) is 5.53. The second kappa shape index (κ2) is 4.31. The molecule has 3 N–H and O–H groups in total. The zero-order chi connectivity index (χ0) is 10.8. The van der Waals surface area contributed by atoms with Crippen LogP contribution in [0.2, 0.25) is 0 Å². The van der Waals surface area contributed by atoms with Crippen LogP contribution >= 0.6 is 11.6 Å². The molecule has 0 spiro atoms. The minimum Gasteiger partial charge on any atom is -0.397 e. The molecule has 0 radical (unpaired) electrons. The van der Waals surface area contributed by atoms with Crippen molar-refractivity contribution < 1.29 is 0 Å². The molecule has 0 fully saturated rings. The van der Waals surface area contributed by atoms with Gasteiger partial charge in [0.2, 0.25) is 0 Å². The number of nitrogens with one attached hydrogen (secondary N) is 1. The quantitative estimate of drug-likeness (QED) is 0.757. The molecule has 3 heteroatoms. The van der Waals surface area contributed by atoms with Crippen molar-refractivity contribution in [1.82, 2.24) is 5.32 Å². The number of likely N-dealkylation sites (N-methyl/N-ethyl adjacent to an activating group) is 1. The number of halogens is 1. The van der Waals surface area contributed by atoms with Gasteiger partial charge in [0, 0.05) is 22.8 Å². The van der Waals surface area contributed by atoms with Gasteiger partial charge in [0.05, 0.1) is 5.70 Å². The maximum atomic E-state index is 6.12. The molecule has 0 aromatic heterocycles. The van der Waals surface area contributed by atoms with Crippen LogP contribution in [0.1, 0.15) is 26.2 Å². The molecule has 0 amide bonds. The van der Waals surface area contributed by atoms with Crippen LogP contribution in [-0.2, 0) is 0 Å². The Bertz CT molecular complexity index is 353. The predicted octanol–water partition coefficient (Wildman–Crippen LogP) is 2.63. The number of fused-ring (bicyclic) bond motifs is 1. The first kappa shape index (κ1) is 10.6. The molecule has 0 aromatic rings. The molecule has 2 nitrogen and oxygen atoms in total. The van der Waals surface area contributed by atoms with Crippen molar-refractivity contribution >= 4 is 11.6 Å². The highest BCUT2D eigenvalue weighted by Crippen LogP contribution is 2.39. The van der Waals surface area contributed by atoms with Gasteiger partial charge in [0.15, 0.2) is 0 Å². The molecule has 0 aliphatic heterocycles. The zero-order valence-corrected chi connectivity index (χ0v) is 9.77. The first-order chi connectivity index (χ1) is 7.24. The summed E-state index contributed by atoms with van der Waals surface area (Å²) >= 11 is 6.12. The van der Waals surface area contributed by atoms with Gasteiger partial charge in [-0.1, -0.05) is 17.7 Å². The van der Waals surface area contributed by atoms with Crippen molar-refractivity contribution in [2.24, 2.45) is 11.7 Å². The largest absolute Gasteiger partial charge is 0.397 e. The normalized spacial score (nSPS) is 25.6. The van der Waals surface area contributed by atoms with Gasteiger partial charge in [-0.05, 0) is 38.2 Å². The average Bonchev–Trinajstić information content (AvgIpc) is 2.24. The highest BCUT2D eigenvalue weighted by Gasteiger charge is 2.27. The van der Waals surface area contributed by atoms with Crippen LogP contribution in [0.4, 0.5) is 0 Å². The number of hydrogen-bond donors (Lipinski definition) is 2. The second-order valence-corrected chi connectivity index (χ2v) is 4.51. The van der Waals surface area contributed by atoms with Gasteiger partial charge >= 0.3 is 0 Å². The molecule has 0 heterocycles. The average molecular weight is 225 g/mol. The lowest BCUT2D eigenvalue weighted by atomic mass is 9.80. The molecule has 1 unspecified atom stereocenters. The van der Waals surface area contributed by atoms with E-state index in [1.54, 1.807) is 0 Å². The molecule has 1 atom stereocenters. The Morgan fingerprint density at radius 1 is 1.60 bits per heavy atom. The SMILES string of the molecule is CCNC1=C2C(N)=C(Cl)CCC2CC=C1. The van der Waals surface area contributed by atoms with Gasteiger partial charge < -0.3 is 11.1 Å². The van der Waals surface area contributed by atoms with Crippen molar-refractivity contribution in [3.05, 3.63) is 34.2 Å². The Labute approximate surface area is 95.9 Å². The van der Waals surface area contributed by atoms with Gasteiger partial charge in [0.1, 0.15) is 0 Å².